The Labute approximate surface area is 256 Å². The second kappa shape index (κ2) is 9.77. The first kappa shape index (κ1) is 24.6. The lowest BCUT2D eigenvalue weighted by molar-refractivity contribution is 1.29. The Morgan fingerprint density at radius 3 is 2.09 bits per heavy atom. The zero-order valence-electron chi connectivity index (χ0n) is 23.1. The third-order valence-electron chi connectivity index (χ3n) is 8.32. The van der Waals surface area contributed by atoms with Crippen molar-refractivity contribution in [2.24, 2.45) is 0 Å². The molecule has 2 nitrogen and oxygen atoms in total. The molecule has 43 heavy (non-hydrogen) atoms. The van der Waals surface area contributed by atoms with Crippen LogP contribution in [0.1, 0.15) is 0 Å². The molecule has 0 saturated carbocycles. The Bertz CT molecular complexity index is 2450. The molecule has 9 rings (SSSR count). The number of pyridine rings is 1. The molecule has 3 heterocycles. The second-order valence-electron chi connectivity index (χ2n) is 10.8. The van der Waals surface area contributed by atoms with E-state index >= 15 is 0 Å². The highest BCUT2D eigenvalue weighted by atomic mass is 32.1. The van der Waals surface area contributed by atoms with E-state index in [1.807, 2.05) is 28.9 Å². The van der Waals surface area contributed by atoms with Crippen LogP contribution in [0.15, 0.2) is 146 Å². The van der Waals surface area contributed by atoms with E-state index < -0.39 is 0 Å². The predicted molar refractivity (Wildman–Crippen MR) is 188 cm³/mol. The molecule has 0 amide bonds. The lowest BCUT2D eigenvalue weighted by atomic mass is 10.0. The van der Waals surface area contributed by atoms with Gasteiger partial charge in [0.05, 0.1) is 15.9 Å². The third-order valence-corrected chi connectivity index (χ3v) is 10.6. The number of benzene rings is 6. The quantitative estimate of drug-likeness (QED) is 0.205. The van der Waals surface area contributed by atoms with Crippen LogP contribution in [0.3, 0.4) is 0 Å². The predicted octanol–water partition coefficient (Wildman–Crippen LogP) is 12.1. The summed E-state index contributed by atoms with van der Waals surface area (Å²) in [5.41, 5.74) is 6.88. The van der Waals surface area contributed by atoms with E-state index in [2.05, 4.69) is 144 Å². The van der Waals surface area contributed by atoms with Gasteiger partial charge in [0.15, 0.2) is 0 Å². The fourth-order valence-electron chi connectivity index (χ4n) is 6.30. The molecule has 0 unspecified atom stereocenters. The minimum absolute atomic E-state index is 1.06. The van der Waals surface area contributed by atoms with Crippen molar-refractivity contribution < 1.29 is 0 Å². The van der Waals surface area contributed by atoms with Crippen molar-refractivity contribution >= 4 is 91.0 Å². The molecule has 0 radical (unpaired) electrons. The van der Waals surface area contributed by atoms with Gasteiger partial charge < -0.3 is 4.90 Å². The SMILES string of the molecule is c1ccc(-c2ccc(N(c3ccc4c(c3)sc3ccccc34)c3ccnc4c3sc3ccc5ccccc5c34)cc2)cc1. The van der Waals surface area contributed by atoms with Gasteiger partial charge in [0.25, 0.3) is 0 Å². The molecule has 6 aromatic carbocycles. The Kier molecular flexibility index (Phi) is 5.58. The van der Waals surface area contributed by atoms with Crippen LogP contribution < -0.4 is 4.90 Å². The van der Waals surface area contributed by atoms with Crippen molar-refractivity contribution in [3.63, 3.8) is 0 Å². The summed E-state index contributed by atoms with van der Waals surface area (Å²) in [4.78, 5) is 7.37. The van der Waals surface area contributed by atoms with E-state index in [9.17, 15) is 0 Å². The first-order chi connectivity index (χ1) is 21.3. The van der Waals surface area contributed by atoms with Crippen LogP contribution in [0.25, 0.3) is 62.4 Å². The van der Waals surface area contributed by atoms with E-state index in [0.29, 0.717) is 0 Å². The maximum atomic E-state index is 4.97. The van der Waals surface area contributed by atoms with Crippen LogP contribution in [-0.4, -0.2) is 4.98 Å². The number of hydrogen-bond acceptors (Lipinski definition) is 4. The minimum Gasteiger partial charge on any atom is -0.309 e. The van der Waals surface area contributed by atoms with Crippen LogP contribution in [-0.2, 0) is 0 Å². The molecule has 9 aromatic rings. The van der Waals surface area contributed by atoms with Gasteiger partial charge in [-0.15, -0.1) is 22.7 Å². The van der Waals surface area contributed by atoms with Gasteiger partial charge in [0.2, 0.25) is 0 Å². The molecule has 0 aliphatic rings. The van der Waals surface area contributed by atoms with Crippen LogP contribution in [0.2, 0.25) is 0 Å². The highest BCUT2D eigenvalue weighted by Crippen LogP contribution is 2.47. The first-order valence-electron chi connectivity index (χ1n) is 14.4. The number of aromatic nitrogens is 1. The van der Waals surface area contributed by atoms with Crippen molar-refractivity contribution in [2.45, 2.75) is 0 Å². The molecule has 0 aliphatic carbocycles. The Hall–Kier alpha value is -5.03. The van der Waals surface area contributed by atoms with Crippen molar-refractivity contribution in [1.82, 2.24) is 4.98 Å². The maximum Gasteiger partial charge on any atom is 0.0916 e. The van der Waals surface area contributed by atoms with Crippen LogP contribution in [0.5, 0.6) is 0 Å². The number of anilines is 3. The molecule has 0 spiro atoms. The van der Waals surface area contributed by atoms with Crippen molar-refractivity contribution in [1.29, 1.82) is 0 Å². The van der Waals surface area contributed by atoms with Crippen LogP contribution >= 0.6 is 22.7 Å². The molecular weight excluding hydrogens is 561 g/mol. The molecule has 0 fully saturated rings. The largest absolute Gasteiger partial charge is 0.309 e. The molecule has 0 bridgehead atoms. The van der Waals surface area contributed by atoms with E-state index in [-0.39, 0.29) is 0 Å². The van der Waals surface area contributed by atoms with Crippen molar-refractivity contribution in [2.75, 3.05) is 4.90 Å². The summed E-state index contributed by atoms with van der Waals surface area (Å²) >= 11 is 3.68. The van der Waals surface area contributed by atoms with Crippen LogP contribution in [0, 0.1) is 0 Å². The topological polar surface area (TPSA) is 16.1 Å². The van der Waals surface area contributed by atoms with Gasteiger partial charge in [0.1, 0.15) is 0 Å². The molecule has 4 heteroatoms. The summed E-state index contributed by atoms with van der Waals surface area (Å²) in [6.45, 7) is 0. The van der Waals surface area contributed by atoms with Gasteiger partial charge in [-0.3, -0.25) is 4.98 Å². The molecule has 0 aliphatic heterocycles. The fraction of sp³-hybridized carbons (Fsp3) is 0. The molecule has 202 valence electrons. The summed E-state index contributed by atoms with van der Waals surface area (Å²) < 4.78 is 5.05. The molecule has 0 N–H and O–H groups in total. The van der Waals surface area contributed by atoms with Gasteiger partial charge in [-0.05, 0) is 64.4 Å². The van der Waals surface area contributed by atoms with E-state index in [1.54, 1.807) is 0 Å². The minimum atomic E-state index is 1.06. The standard InChI is InChI=1S/C39H24N2S2/c1-2-8-25(9-3-1)26-14-17-28(18-15-26)41(29-19-20-32-31-12-6-7-13-34(31)42-36(32)24-29)33-22-23-40-38-37-30-11-5-4-10-27(30)16-21-35(37)43-39(33)38/h1-24H. The first-order valence-corrected chi connectivity index (χ1v) is 16.0. The summed E-state index contributed by atoms with van der Waals surface area (Å²) in [5.74, 6) is 0. The molecule has 0 saturated heterocycles. The summed E-state index contributed by atoms with van der Waals surface area (Å²) in [5, 5.41) is 6.35. The summed E-state index contributed by atoms with van der Waals surface area (Å²) in [6.07, 6.45) is 1.97. The second-order valence-corrected chi connectivity index (χ2v) is 12.9. The van der Waals surface area contributed by atoms with E-state index in [4.69, 9.17) is 4.98 Å². The van der Waals surface area contributed by atoms with Crippen molar-refractivity contribution in [3.05, 3.63) is 146 Å². The number of rotatable bonds is 4. The Balaban J connectivity index is 1.29. The number of fused-ring (bicyclic) bond motifs is 8. The average molecular weight is 585 g/mol. The number of hydrogen-bond donors (Lipinski definition) is 0. The molecular formula is C39H24N2S2. The third kappa shape index (κ3) is 3.95. The zero-order valence-corrected chi connectivity index (χ0v) is 24.7. The summed E-state index contributed by atoms with van der Waals surface area (Å²) in [6, 6.07) is 50.4. The van der Waals surface area contributed by atoms with Gasteiger partial charge in [-0.2, -0.15) is 0 Å². The molecule has 3 aromatic heterocycles. The molecule has 0 atom stereocenters. The lowest BCUT2D eigenvalue weighted by Crippen LogP contribution is -2.10. The summed E-state index contributed by atoms with van der Waals surface area (Å²) in [7, 11) is 0. The van der Waals surface area contributed by atoms with E-state index in [0.717, 1.165) is 22.6 Å². The normalized spacial score (nSPS) is 11.7. The van der Waals surface area contributed by atoms with E-state index in [1.165, 1.54) is 56.9 Å². The number of nitrogens with zero attached hydrogens (tertiary/aromatic N) is 2. The zero-order chi connectivity index (χ0) is 28.3. The van der Waals surface area contributed by atoms with Gasteiger partial charge in [-0.1, -0.05) is 97.1 Å². The van der Waals surface area contributed by atoms with Crippen LogP contribution in [0.4, 0.5) is 17.1 Å². The Morgan fingerprint density at radius 1 is 0.488 bits per heavy atom. The van der Waals surface area contributed by atoms with Crippen molar-refractivity contribution in [3.8, 4) is 11.1 Å². The van der Waals surface area contributed by atoms with Gasteiger partial charge in [-0.25, -0.2) is 0 Å². The lowest BCUT2D eigenvalue weighted by Gasteiger charge is -2.26. The Morgan fingerprint density at radius 2 is 1.21 bits per heavy atom. The highest BCUT2D eigenvalue weighted by molar-refractivity contribution is 7.26. The highest BCUT2D eigenvalue weighted by Gasteiger charge is 2.20. The number of thiophene rings is 2. The average Bonchev–Trinajstić information content (AvgIpc) is 3.64. The van der Waals surface area contributed by atoms with Gasteiger partial charge >= 0.3 is 0 Å². The maximum absolute atomic E-state index is 4.97. The smallest absolute Gasteiger partial charge is 0.0916 e. The monoisotopic (exact) mass is 584 g/mol. The fourth-order valence-corrected chi connectivity index (χ4v) is 8.62. The van der Waals surface area contributed by atoms with Gasteiger partial charge in [0, 0.05) is 47.8 Å².